The number of carbonyl (C=O) groups excluding carboxylic acids is 2. The Hall–Kier alpha value is -3.07. The zero-order valence-corrected chi connectivity index (χ0v) is 23.7. The van der Waals surface area contributed by atoms with Crippen LogP contribution in [0.25, 0.3) is 0 Å². The Morgan fingerprint density at radius 2 is 1.70 bits per heavy atom. The minimum absolute atomic E-state index is 0.113. The quantitative estimate of drug-likeness (QED) is 0.396. The van der Waals surface area contributed by atoms with Gasteiger partial charge in [0.15, 0.2) is 0 Å². The fraction of sp³-hybridized carbons (Fsp3) is 0.500. The van der Waals surface area contributed by atoms with Crippen molar-refractivity contribution in [2.24, 2.45) is 5.92 Å². The van der Waals surface area contributed by atoms with Gasteiger partial charge in [0.1, 0.15) is 11.8 Å². The van der Waals surface area contributed by atoms with Gasteiger partial charge >= 0.3 is 0 Å². The molecule has 0 aliphatic rings. The summed E-state index contributed by atoms with van der Waals surface area (Å²) >= 11 is 0. The van der Waals surface area contributed by atoms with E-state index in [2.05, 4.69) is 5.32 Å². The molecular formula is C28H41N3O5S. The molecule has 0 saturated carbocycles. The number of para-hydroxylation sites is 1. The second-order valence-electron chi connectivity index (χ2n) is 9.66. The Kier molecular flexibility index (Phi) is 11.4. The van der Waals surface area contributed by atoms with Gasteiger partial charge in [0.05, 0.1) is 19.1 Å². The normalized spacial score (nSPS) is 12.2. The van der Waals surface area contributed by atoms with Gasteiger partial charge in [-0.15, -0.1) is 0 Å². The number of benzene rings is 2. The lowest BCUT2D eigenvalue weighted by molar-refractivity contribution is -0.141. The molecule has 0 radical (unpaired) electrons. The maximum absolute atomic E-state index is 13.5. The Labute approximate surface area is 222 Å². The van der Waals surface area contributed by atoms with Crippen molar-refractivity contribution in [2.75, 3.05) is 30.8 Å². The van der Waals surface area contributed by atoms with E-state index in [1.165, 1.54) is 10.6 Å². The van der Waals surface area contributed by atoms with Gasteiger partial charge < -0.3 is 15.0 Å². The van der Waals surface area contributed by atoms with Crippen LogP contribution < -0.4 is 14.4 Å². The fourth-order valence-electron chi connectivity index (χ4n) is 4.10. The van der Waals surface area contributed by atoms with Crippen LogP contribution in [0.3, 0.4) is 0 Å². The molecular weight excluding hydrogens is 490 g/mol. The van der Waals surface area contributed by atoms with Crippen LogP contribution in [0.2, 0.25) is 0 Å². The molecule has 2 aromatic carbocycles. The van der Waals surface area contributed by atoms with Crippen LogP contribution in [0, 0.1) is 12.8 Å². The van der Waals surface area contributed by atoms with Crippen molar-refractivity contribution in [2.45, 2.75) is 59.5 Å². The summed E-state index contributed by atoms with van der Waals surface area (Å²) in [5.41, 5.74) is 2.32. The highest BCUT2D eigenvalue weighted by molar-refractivity contribution is 7.92. The molecule has 0 aliphatic carbocycles. The van der Waals surface area contributed by atoms with Crippen LogP contribution in [-0.2, 0) is 26.2 Å². The maximum atomic E-state index is 13.5. The summed E-state index contributed by atoms with van der Waals surface area (Å²) in [6.07, 6.45) is 2.07. The van der Waals surface area contributed by atoms with Gasteiger partial charge in [-0.1, -0.05) is 51.1 Å². The van der Waals surface area contributed by atoms with Crippen LogP contribution in [0.15, 0.2) is 48.5 Å². The van der Waals surface area contributed by atoms with Crippen molar-refractivity contribution in [3.05, 3.63) is 59.7 Å². The monoisotopic (exact) mass is 531 g/mol. The van der Waals surface area contributed by atoms with Crippen molar-refractivity contribution in [3.8, 4) is 5.75 Å². The van der Waals surface area contributed by atoms with Crippen molar-refractivity contribution >= 4 is 27.5 Å². The summed E-state index contributed by atoms with van der Waals surface area (Å²) in [5, 5.41) is 2.95. The smallest absolute Gasteiger partial charge is 0.242 e. The topological polar surface area (TPSA) is 96.0 Å². The Morgan fingerprint density at radius 1 is 1.05 bits per heavy atom. The largest absolute Gasteiger partial charge is 0.497 e. The number of ether oxygens (including phenoxy) is 1. The van der Waals surface area contributed by atoms with Crippen molar-refractivity contribution in [1.29, 1.82) is 0 Å². The van der Waals surface area contributed by atoms with Crippen molar-refractivity contribution < 1.29 is 22.7 Å². The molecule has 2 amide bonds. The number of hydrogen-bond acceptors (Lipinski definition) is 5. The Balaban J connectivity index is 2.22. The average Bonchev–Trinajstić information content (AvgIpc) is 2.85. The van der Waals surface area contributed by atoms with E-state index in [0.717, 1.165) is 11.1 Å². The van der Waals surface area contributed by atoms with E-state index in [0.29, 0.717) is 30.8 Å². The summed E-state index contributed by atoms with van der Waals surface area (Å²) < 4.78 is 31.6. The Bertz CT molecular complexity index is 1130. The van der Waals surface area contributed by atoms with Gasteiger partial charge in [0.2, 0.25) is 21.8 Å². The first-order valence-corrected chi connectivity index (χ1v) is 14.6. The van der Waals surface area contributed by atoms with E-state index >= 15 is 0 Å². The third-order valence-electron chi connectivity index (χ3n) is 6.12. The number of aryl methyl sites for hydroxylation is 1. The maximum Gasteiger partial charge on any atom is 0.242 e. The van der Waals surface area contributed by atoms with E-state index in [4.69, 9.17) is 4.74 Å². The molecule has 0 spiro atoms. The number of anilines is 1. The fourth-order valence-corrected chi connectivity index (χ4v) is 5.12. The van der Waals surface area contributed by atoms with Gasteiger partial charge in [-0.2, -0.15) is 0 Å². The van der Waals surface area contributed by atoms with E-state index in [9.17, 15) is 18.0 Å². The van der Waals surface area contributed by atoms with E-state index in [1.54, 1.807) is 24.1 Å². The molecule has 0 fully saturated rings. The second-order valence-corrected chi connectivity index (χ2v) is 11.6. The highest BCUT2D eigenvalue weighted by atomic mass is 32.2. The van der Waals surface area contributed by atoms with Gasteiger partial charge in [0.25, 0.3) is 0 Å². The van der Waals surface area contributed by atoms with E-state index < -0.39 is 16.1 Å². The summed E-state index contributed by atoms with van der Waals surface area (Å²) in [7, 11) is -1.94. The molecule has 0 bridgehead atoms. The molecule has 0 aliphatic heterocycles. The predicted octanol–water partition coefficient (Wildman–Crippen LogP) is 4.13. The predicted molar refractivity (Wildman–Crippen MR) is 148 cm³/mol. The number of sulfonamides is 1. The van der Waals surface area contributed by atoms with Crippen LogP contribution >= 0.6 is 0 Å². The number of nitrogens with one attached hydrogen (secondary N) is 1. The SMILES string of the molecule is CC[C@@H](C(=O)NCC(C)C)N(Cc1ccc(OC)cc1)C(=O)CCCN(c1ccccc1C)S(C)(=O)=O. The third-order valence-corrected chi connectivity index (χ3v) is 7.30. The molecule has 0 saturated heterocycles. The Morgan fingerprint density at radius 3 is 2.24 bits per heavy atom. The molecule has 204 valence electrons. The van der Waals surface area contributed by atoms with Crippen molar-refractivity contribution in [1.82, 2.24) is 10.2 Å². The summed E-state index contributed by atoms with van der Waals surface area (Å²) in [4.78, 5) is 28.1. The van der Waals surface area contributed by atoms with Crippen molar-refractivity contribution in [3.63, 3.8) is 0 Å². The van der Waals surface area contributed by atoms with Crippen LogP contribution in [-0.4, -0.2) is 57.6 Å². The number of methoxy groups -OCH3 is 1. The van der Waals surface area contributed by atoms with Gasteiger partial charge in [-0.05, 0) is 55.0 Å². The minimum Gasteiger partial charge on any atom is -0.497 e. The number of hydrogen-bond donors (Lipinski definition) is 1. The highest BCUT2D eigenvalue weighted by Crippen LogP contribution is 2.23. The van der Waals surface area contributed by atoms with Gasteiger partial charge in [-0.3, -0.25) is 13.9 Å². The van der Waals surface area contributed by atoms with E-state index in [1.807, 2.05) is 64.1 Å². The molecule has 1 atom stereocenters. The zero-order valence-electron chi connectivity index (χ0n) is 22.9. The number of nitrogens with zero attached hydrogens (tertiary/aromatic N) is 2. The molecule has 9 heteroatoms. The molecule has 0 unspecified atom stereocenters. The first-order chi connectivity index (χ1) is 17.5. The number of carbonyl (C=O) groups is 2. The summed E-state index contributed by atoms with van der Waals surface area (Å²) in [5.74, 6) is 0.618. The zero-order chi connectivity index (χ0) is 27.6. The average molecular weight is 532 g/mol. The number of amides is 2. The van der Waals surface area contributed by atoms with Crippen LogP contribution in [0.1, 0.15) is 51.2 Å². The second kappa shape index (κ2) is 14.0. The highest BCUT2D eigenvalue weighted by Gasteiger charge is 2.29. The summed E-state index contributed by atoms with van der Waals surface area (Å²) in [6.45, 7) is 8.74. The van der Waals surface area contributed by atoms with Gasteiger partial charge in [-0.25, -0.2) is 8.42 Å². The molecule has 2 rings (SSSR count). The van der Waals surface area contributed by atoms with Gasteiger partial charge in [0, 0.05) is 26.1 Å². The lowest BCUT2D eigenvalue weighted by atomic mass is 10.1. The molecule has 1 N–H and O–H groups in total. The first kappa shape index (κ1) is 30.2. The first-order valence-electron chi connectivity index (χ1n) is 12.7. The van der Waals surface area contributed by atoms with Crippen LogP contribution in [0.4, 0.5) is 5.69 Å². The molecule has 8 nitrogen and oxygen atoms in total. The minimum atomic E-state index is -3.53. The lowest BCUT2D eigenvalue weighted by Gasteiger charge is -2.31. The third kappa shape index (κ3) is 9.07. The lowest BCUT2D eigenvalue weighted by Crippen LogP contribution is -2.49. The van der Waals surface area contributed by atoms with Crippen LogP contribution in [0.5, 0.6) is 5.75 Å². The van der Waals surface area contributed by atoms with E-state index in [-0.39, 0.29) is 37.2 Å². The molecule has 0 heterocycles. The standard InChI is InChI=1S/C28H41N3O5S/c1-7-25(28(33)29-19-21(2)3)30(20-23-14-16-24(36-5)17-15-23)27(32)13-10-18-31(37(6,34)35)26-12-9-8-11-22(26)4/h8-9,11-12,14-17,21,25H,7,10,13,18-20H2,1-6H3,(H,29,33)/t25-/m0/s1. The molecule has 37 heavy (non-hydrogen) atoms. The number of rotatable bonds is 14. The molecule has 2 aromatic rings. The molecule has 0 aromatic heterocycles. The summed E-state index contributed by atoms with van der Waals surface area (Å²) in [6, 6.07) is 14.0.